The van der Waals surface area contributed by atoms with Crippen molar-refractivity contribution in [1.82, 2.24) is 4.98 Å². The van der Waals surface area contributed by atoms with Crippen LogP contribution in [0.5, 0.6) is 0 Å². The third kappa shape index (κ3) is 2.88. The number of furan rings is 1. The van der Waals surface area contributed by atoms with Gasteiger partial charge in [0.1, 0.15) is 15.5 Å². The van der Waals surface area contributed by atoms with Gasteiger partial charge in [0.2, 0.25) is 0 Å². The first-order chi connectivity index (χ1) is 12.7. The number of ether oxygens (including phenoxy) is 1. The van der Waals surface area contributed by atoms with Crippen molar-refractivity contribution in [2.24, 2.45) is 0 Å². The fraction of sp³-hybridized carbons (Fsp3) is 0.400. The summed E-state index contributed by atoms with van der Waals surface area (Å²) in [6, 6.07) is 3.82. The number of pyridine rings is 1. The van der Waals surface area contributed by atoms with E-state index in [1.165, 1.54) is 16.9 Å². The van der Waals surface area contributed by atoms with Gasteiger partial charge in [-0.15, -0.1) is 11.3 Å². The molecule has 0 unspecified atom stereocenters. The molecule has 3 heterocycles. The molecule has 1 aliphatic carbocycles. The predicted octanol–water partition coefficient (Wildman–Crippen LogP) is 4.97. The molecule has 0 atom stereocenters. The zero-order valence-corrected chi connectivity index (χ0v) is 15.7. The Morgan fingerprint density at radius 1 is 1.38 bits per heavy atom. The number of aromatic nitrogens is 1. The molecule has 0 spiro atoms. The highest BCUT2D eigenvalue weighted by Crippen LogP contribution is 2.44. The van der Waals surface area contributed by atoms with E-state index in [4.69, 9.17) is 19.9 Å². The first-order valence-corrected chi connectivity index (χ1v) is 9.97. The highest BCUT2D eigenvalue weighted by molar-refractivity contribution is 7.21. The summed E-state index contributed by atoms with van der Waals surface area (Å²) in [6.45, 7) is 2.48. The number of nitrogens with two attached hydrogens (primary N) is 1. The van der Waals surface area contributed by atoms with Crippen molar-refractivity contribution < 1.29 is 13.9 Å². The number of aryl methyl sites for hydroxylation is 1. The second kappa shape index (κ2) is 7.11. The number of nitrogen functional groups attached to an aromatic ring is 1. The number of hydrogen-bond donors (Lipinski definition) is 1. The van der Waals surface area contributed by atoms with Crippen molar-refractivity contribution in [3.63, 3.8) is 0 Å². The minimum Gasteiger partial charge on any atom is -0.464 e. The van der Waals surface area contributed by atoms with Crippen LogP contribution in [0.4, 0.5) is 5.69 Å². The Kier molecular flexibility index (Phi) is 4.68. The molecule has 0 radical (unpaired) electrons. The van der Waals surface area contributed by atoms with Crippen molar-refractivity contribution in [3.05, 3.63) is 34.5 Å². The average Bonchev–Trinajstić information content (AvgIpc) is 3.29. The summed E-state index contributed by atoms with van der Waals surface area (Å²) in [5.41, 5.74) is 10.2. The van der Waals surface area contributed by atoms with Crippen molar-refractivity contribution in [2.75, 3.05) is 12.3 Å². The van der Waals surface area contributed by atoms with E-state index in [1.807, 2.05) is 12.1 Å². The van der Waals surface area contributed by atoms with Crippen LogP contribution in [0.1, 0.15) is 53.5 Å². The Bertz CT molecular complexity index is 944. The van der Waals surface area contributed by atoms with E-state index in [0.717, 1.165) is 65.8 Å². The summed E-state index contributed by atoms with van der Waals surface area (Å²) in [4.78, 5) is 18.6. The molecule has 0 amide bonds. The highest BCUT2D eigenvalue weighted by Gasteiger charge is 2.27. The number of esters is 1. The van der Waals surface area contributed by atoms with Crippen LogP contribution in [0.3, 0.4) is 0 Å². The van der Waals surface area contributed by atoms with Gasteiger partial charge in [0.15, 0.2) is 0 Å². The molecule has 1 aliphatic rings. The average molecular weight is 370 g/mol. The summed E-state index contributed by atoms with van der Waals surface area (Å²) in [7, 11) is 0. The van der Waals surface area contributed by atoms with Crippen molar-refractivity contribution in [2.45, 2.75) is 45.4 Å². The number of thiophene rings is 1. The van der Waals surface area contributed by atoms with Gasteiger partial charge in [0, 0.05) is 16.6 Å². The predicted molar refractivity (Wildman–Crippen MR) is 104 cm³/mol. The van der Waals surface area contributed by atoms with Crippen LogP contribution < -0.4 is 5.73 Å². The molecule has 0 bridgehead atoms. The lowest BCUT2D eigenvalue weighted by Gasteiger charge is -2.18. The molecular formula is C20H22N2O3S. The normalized spacial score (nSPS) is 13.7. The van der Waals surface area contributed by atoms with Crippen molar-refractivity contribution in [1.29, 1.82) is 0 Å². The SMILES string of the molecule is CCCCOC(=O)c1sc2nc3c(c(-c4ccco4)c2c1N)CCCC3. The maximum Gasteiger partial charge on any atom is 0.350 e. The second-order valence-electron chi connectivity index (χ2n) is 6.61. The Hall–Kier alpha value is -2.34. The molecule has 0 saturated heterocycles. The molecule has 26 heavy (non-hydrogen) atoms. The van der Waals surface area contributed by atoms with Gasteiger partial charge < -0.3 is 14.9 Å². The van der Waals surface area contributed by atoms with E-state index in [2.05, 4.69) is 6.92 Å². The number of anilines is 1. The maximum absolute atomic E-state index is 12.5. The molecule has 3 aromatic rings. The molecular weight excluding hydrogens is 348 g/mol. The Morgan fingerprint density at radius 2 is 2.23 bits per heavy atom. The highest BCUT2D eigenvalue weighted by atomic mass is 32.1. The zero-order valence-electron chi connectivity index (χ0n) is 14.8. The Labute approximate surface area is 156 Å². The van der Waals surface area contributed by atoms with Gasteiger partial charge in [-0.05, 0) is 49.8 Å². The Morgan fingerprint density at radius 3 is 3.00 bits per heavy atom. The van der Waals surface area contributed by atoms with E-state index in [9.17, 15) is 4.79 Å². The molecule has 2 N–H and O–H groups in total. The van der Waals surface area contributed by atoms with Gasteiger partial charge in [-0.25, -0.2) is 9.78 Å². The maximum atomic E-state index is 12.5. The lowest BCUT2D eigenvalue weighted by Crippen LogP contribution is -2.08. The molecule has 6 heteroatoms. The molecule has 0 saturated carbocycles. The lowest BCUT2D eigenvalue weighted by molar-refractivity contribution is 0.0506. The van der Waals surface area contributed by atoms with Crippen LogP contribution >= 0.6 is 11.3 Å². The molecule has 3 aromatic heterocycles. The minimum absolute atomic E-state index is 0.359. The van der Waals surface area contributed by atoms with E-state index in [1.54, 1.807) is 6.26 Å². The van der Waals surface area contributed by atoms with Crippen LogP contribution in [0.15, 0.2) is 22.8 Å². The molecule has 0 aliphatic heterocycles. The number of carbonyl (C=O) groups is 1. The standard InChI is InChI=1S/C20H22N2O3S/c1-2-3-10-25-20(23)18-17(21)16-15(14-9-6-11-24-14)12-7-4-5-8-13(12)22-19(16)26-18/h6,9,11H,2-5,7-8,10,21H2,1H3. The lowest BCUT2D eigenvalue weighted by atomic mass is 9.89. The summed E-state index contributed by atoms with van der Waals surface area (Å²) < 4.78 is 11.1. The minimum atomic E-state index is -0.359. The number of nitrogens with zero attached hydrogens (tertiary/aromatic N) is 1. The first-order valence-electron chi connectivity index (χ1n) is 9.15. The number of hydrogen-bond acceptors (Lipinski definition) is 6. The van der Waals surface area contributed by atoms with E-state index >= 15 is 0 Å². The molecule has 0 aromatic carbocycles. The van der Waals surface area contributed by atoms with Gasteiger partial charge in [0.05, 0.1) is 18.6 Å². The van der Waals surface area contributed by atoms with Crippen LogP contribution in [0.25, 0.3) is 21.5 Å². The summed E-state index contributed by atoms with van der Waals surface area (Å²) in [5.74, 6) is 0.424. The number of unbranched alkanes of at least 4 members (excludes halogenated alkanes) is 1. The van der Waals surface area contributed by atoms with E-state index < -0.39 is 0 Å². The monoisotopic (exact) mass is 370 g/mol. The van der Waals surface area contributed by atoms with Crippen molar-refractivity contribution in [3.8, 4) is 11.3 Å². The molecule has 4 rings (SSSR count). The van der Waals surface area contributed by atoms with Gasteiger partial charge in [-0.3, -0.25) is 0 Å². The van der Waals surface area contributed by atoms with Gasteiger partial charge in [-0.1, -0.05) is 13.3 Å². The van der Waals surface area contributed by atoms with Crippen LogP contribution in [-0.2, 0) is 17.6 Å². The number of carbonyl (C=O) groups excluding carboxylic acids is 1. The van der Waals surface area contributed by atoms with E-state index in [0.29, 0.717) is 17.2 Å². The third-order valence-corrected chi connectivity index (χ3v) is 5.92. The van der Waals surface area contributed by atoms with E-state index in [-0.39, 0.29) is 5.97 Å². The number of fused-ring (bicyclic) bond motifs is 2. The van der Waals surface area contributed by atoms with Crippen molar-refractivity contribution >= 4 is 33.2 Å². The fourth-order valence-electron chi connectivity index (χ4n) is 3.53. The smallest absolute Gasteiger partial charge is 0.350 e. The Balaban J connectivity index is 1.88. The molecule has 0 fully saturated rings. The second-order valence-corrected chi connectivity index (χ2v) is 7.61. The van der Waals surface area contributed by atoms with Crippen LogP contribution in [0.2, 0.25) is 0 Å². The van der Waals surface area contributed by atoms with Crippen LogP contribution in [0, 0.1) is 0 Å². The van der Waals surface area contributed by atoms with Gasteiger partial charge in [-0.2, -0.15) is 0 Å². The largest absolute Gasteiger partial charge is 0.464 e. The zero-order chi connectivity index (χ0) is 18.1. The molecule has 5 nitrogen and oxygen atoms in total. The molecule has 136 valence electrons. The number of rotatable bonds is 5. The summed E-state index contributed by atoms with van der Waals surface area (Å²) in [6.07, 6.45) is 7.67. The fourth-order valence-corrected chi connectivity index (χ4v) is 4.54. The quantitative estimate of drug-likeness (QED) is 0.506. The van der Waals surface area contributed by atoms with Crippen LogP contribution in [-0.4, -0.2) is 17.6 Å². The summed E-state index contributed by atoms with van der Waals surface area (Å²) >= 11 is 1.32. The van der Waals surface area contributed by atoms with Gasteiger partial charge >= 0.3 is 5.97 Å². The third-order valence-electron chi connectivity index (χ3n) is 4.84. The topological polar surface area (TPSA) is 78.3 Å². The summed E-state index contributed by atoms with van der Waals surface area (Å²) in [5, 5.41) is 0.827. The first kappa shape index (κ1) is 17.1. The van der Waals surface area contributed by atoms with Gasteiger partial charge in [0.25, 0.3) is 0 Å².